The van der Waals surface area contributed by atoms with Crippen LogP contribution in [0.15, 0.2) is 59.3 Å². The van der Waals surface area contributed by atoms with Crippen molar-refractivity contribution in [1.82, 2.24) is 5.32 Å². The number of Topliss-reactive ketones (excluding diaryl/α,β-unsaturated/α-hetero) is 1. The number of nitrogens with one attached hydrogen (secondary N) is 1. The molecule has 0 saturated heterocycles. The molecule has 1 amide bonds. The second-order valence-electron chi connectivity index (χ2n) is 8.09. The van der Waals surface area contributed by atoms with E-state index in [4.69, 9.17) is 0 Å². The van der Waals surface area contributed by atoms with E-state index in [0.717, 1.165) is 47.2 Å². The molecule has 0 spiro atoms. The van der Waals surface area contributed by atoms with Crippen molar-refractivity contribution >= 4 is 23.0 Å². The Labute approximate surface area is 188 Å². The quantitative estimate of drug-likeness (QED) is 0.464. The second-order valence-corrected chi connectivity index (χ2v) is 8.87. The van der Waals surface area contributed by atoms with Gasteiger partial charge in [-0.25, -0.2) is 0 Å². The van der Waals surface area contributed by atoms with Crippen molar-refractivity contribution in [3.63, 3.8) is 0 Å². The van der Waals surface area contributed by atoms with Crippen LogP contribution in [0.1, 0.15) is 35.1 Å². The molecule has 0 atom stereocenters. The topological polar surface area (TPSA) is 46.2 Å². The molecule has 1 heterocycles. The molecule has 1 fully saturated rings. The fourth-order valence-electron chi connectivity index (χ4n) is 3.64. The van der Waals surface area contributed by atoms with Crippen LogP contribution in [0, 0.1) is 5.92 Å². The zero-order chi connectivity index (χ0) is 22.7. The zero-order valence-corrected chi connectivity index (χ0v) is 18.1. The number of benzene rings is 2. The van der Waals surface area contributed by atoms with Crippen molar-refractivity contribution in [2.45, 2.75) is 38.4 Å². The van der Waals surface area contributed by atoms with E-state index in [1.807, 2.05) is 35.0 Å². The van der Waals surface area contributed by atoms with Crippen molar-refractivity contribution < 1.29 is 22.8 Å². The van der Waals surface area contributed by atoms with Crippen LogP contribution in [0.3, 0.4) is 0 Å². The van der Waals surface area contributed by atoms with Gasteiger partial charge in [-0.2, -0.15) is 24.5 Å². The molecular weight excluding hydrogens is 435 g/mol. The molecule has 3 nitrogen and oxygen atoms in total. The van der Waals surface area contributed by atoms with E-state index in [0.29, 0.717) is 12.1 Å². The predicted octanol–water partition coefficient (Wildman–Crippen LogP) is 5.81. The highest BCUT2D eigenvalue weighted by Crippen LogP contribution is 2.31. The third-order valence-corrected chi connectivity index (χ3v) is 6.14. The summed E-state index contributed by atoms with van der Waals surface area (Å²) in [4.78, 5) is 24.7. The number of thiophene rings is 1. The number of rotatable bonds is 8. The fourth-order valence-corrected chi connectivity index (χ4v) is 4.30. The summed E-state index contributed by atoms with van der Waals surface area (Å²) in [7, 11) is 0. The van der Waals surface area contributed by atoms with Gasteiger partial charge in [-0.1, -0.05) is 36.4 Å². The Hall–Kier alpha value is -2.93. The Morgan fingerprint density at radius 3 is 2.50 bits per heavy atom. The average molecular weight is 458 g/mol. The van der Waals surface area contributed by atoms with Gasteiger partial charge in [0.05, 0.1) is 5.56 Å². The van der Waals surface area contributed by atoms with E-state index >= 15 is 0 Å². The molecule has 0 radical (unpaired) electrons. The van der Waals surface area contributed by atoms with E-state index in [1.54, 1.807) is 11.3 Å². The van der Waals surface area contributed by atoms with Gasteiger partial charge in [0.15, 0.2) is 0 Å². The first-order chi connectivity index (χ1) is 15.3. The minimum atomic E-state index is -4.44. The molecule has 1 aliphatic carbocycles. The highest BCUT2D eigenvalue weighted by molar-refractivity contribution is 7.08. The van der Waals surface area contributed by atoms with E-state index in [2.05, 4.69) is 5.32 Å². The Kier molecular flexibility index (Phi) is 6.46. The fraction of sp³-hybridized carbons (Fsp3) is 0.280. The van der Waals surface area contributed by atoms with Crippen molar-refractivity contribution in [3.8, 4) is 11.1 Å². The van der Waals surface area contributed by atoms with E-state index in [9.17, 15) is 22.8 Å². The molecule has 7 heteroatoms. The van der Waals surface area contributed by atoms with Crippen LogP contribution in [-0.4, -0.2) is 11.7 Å². The third kappa shape index (κ3) is 5.65. The molecule has 1 saturated carbocycles. The predicted molar refractivity (Wildman–Crippen MR) is 118 cm³/mol. The summed E-state index contributed by atoms with van der Waals surface area (Å²) in [6.07, 6.45) is -2.55. The molecule has 0 bridgehead atoms. The van der Waals surface area contributed by atoms with Crippen LogP contribution in [0.25, 0.3) is 11.1 Å². The minimum absolute atomic E-state index is 0.0501. The second kappa shape index (κ2) is 9.28. The highest BCUT2D eigenvalue weighted by Gasteiger charge is 2.30. The van der Waals surface area contributed by atoms with E-state index < -0.39 is 11.7 Å². The molecule has 166 valence electrons. The number of carbonyl (C=O) groups is 2. The number of hydrogen-bond donors (Lipinski definition) is 1. The Morgan fingerprint density at radius 1 is 1.00 bits per heavy atom. The van der Waals surface area contributed by atoms with Crippen LogP contribution >= 0.6 is 11.3 Å². The maximum atomic E-state index is 13.0. The van der Waals surface area contributed by atoms with Gasteiger partial charge < -0.3 is 5.32 Å². The van der Waals surface area contributed by atoms with Crippen molar-refractivity contribution in [2.24, 2.45) is 5.92 Å². The molecule has 3 aromatic rings. The first-order valence-electron chi connectivity index (χ1n) is 10.4. The molecule has 0 aliphatic heterocycles. The molecule has 0 unspecified atom stereocenters. The molecule has 32 heavy (non-hydrogen) atoms. The SMILES string of the molecule is O=C(Cc1cccc(C(F)(F)F)c1)Cc1cc(CNC(=O)C2CC2)ccc1-c1ccsc1. The number of alkyl halides is 3. The summed E-state index contributed by atoms with van der Waals surface area (Å²) >= 11 is 1.55. The lowest BCUT2D eigenvalue weighted by Gasteiger charge is -2.12. The molecule has 4 rings (SSSR count). The third-order valence-electron chi connectivity index (χ3n) is 5.46. The van der Waals surface area contributed by atoms with Crippen LogP contribution in [0.5, 0.6) is 0 Å². The lowest BCUT2D eigenvalue weighted by Crippen LogP contribution is -2.24. The first kappa shape index (κ1) is 22.3. The highest BCUT2D eigenvalue weighted by atomic mass is 32.1. The van der Waals surface area contributed by atoms with Crippen LogP contribution < -0.4 is 5.32 Å². The van der Waals surface area contributed by atoms with Crippen molar-refractivity contribution in [1.29, 1.82) is 0 Å². The summed E-state index contributed by atoms with van der Waals surface area (Å²) in [6.45, 7) is 0.383. The van der Waals surface area contributed by atoms with Gasteiger partial charge in [0.1, 0.15) is 5.78 Å². The maximum Gasteiger partial charge on any atom is 0.416 e. The number of hydrogen-bond acceptors (Lipinski definition) is 3. The standard InChI is InChI=1S/C25H22F3NO2S/c26-25(27,28)21-3-1-2-16(11-21)12-22(30)13-20-10-17(14-29-24(31)18-5-6-18)4-7-23(20)19-8-9-32-15-19/h1-4,7-11,15,18H,5-6,12-14H2,(H,29,31). The largest absolute Gasteiger partial charge is 0.416 e. The van der Waals surface area contributed by atoms with Crippen molar-refractivity contribution in [2.75, 3.05) is 0 Å². The molecule has 1 aliphatic rings. The molecule has 1 N–H and O–H groups in total. The summed E-state index contributed by atoms with van der Waals surface area (Å²) in [5.41, 5.74) is 3.19. The first-order valence-corrected chi connectivity index (χ1v) is 11.3. The van der Waals surface area contributed by atoms with Crippen LogP contribution in [-0.2, 0) is 35.2 Å². The lowest BCUT2D eigenvalue weighted by molar-refractivity contribution is -0.137. The van der Waals surface area contributed by atoms with Crippen LogP contribution in [0.4, 0.5) is 13.2 Å². The summed E-state index contributed by atoms with van der Waals surface area (Å²) in [5.74, 6) is 0.00245. The summed E-state index contributed by atoms with van der Waals surface area (Å²) in [5, 5.41) is 6.87. The van der Waals surface area contributed by atoms with Gasteiger partial charge in [-0.3, -0.25) is 9.59 Å². The van der Waals surface area contributed by atoms with Gasteiger partial charge in [0.2, 0.25) is 5.91 Å². The van der Waals surface area contributed by atoms with Gasteiger partial charge in [-0.05, 0) is 63.6 Å². The summed E-state index contributed by atoms with van der Waals surface area (Å²) in [6, 6.07) is 12.6. The summed E-state index contributed by atoms with van der Waals surface area (Å²) < 4.78 is 38.9. The smallest absolute Gasteiger partial charge is 0.352 e. The van der Waals surface area contributed by atoms with Gasteiger partial charge in [-0.15, -0.1) is 0 Å². The number of carbonyl (C=O) groups excluding carboxylic acids is 2. The van der Waals surface area contributed by atoms with Gasteiger partial charge >= 0.3 is 6.18 Å². The van der Waals surface area contributed by atoms with Gasteiger partial charge in [0, 0.05) is 25.3 Å². The van der Waals surface area contributed by atoms with Crippen molar-refractivity contribution in [3.05, 3.63) is 81.5 Å². The van der Waals surface area contributed by atoms with Gasteiger partial charge in [0.25, 0.3) is 0 Å². The zero-order valence-electron chi connectivity index (χ0n) is 17.2. The van der Waals surface area contributed by atoms with Crippen LogP contribution in [0.2, 0.25) is 0 Å². The number of halogens is 3. The molecule has 1 aromatic heterocycles. The minimum Gasteiger partial charge on any atom is -0.352 e. The maximum absolute atomic E-state index is 13.0. The number of ketones is 1. The Morgan fingerprint density at radius 2 is 1.81 bits per heavy atom. The van der Waals surface area contributed by atoms with E-state index in [1.165, 1.54) is 12.1 Å². The Bertz CT molecular complexity index is 1120. The monoisotopic (exact) mass is 457 g/mol. The Balaban J connectivity index is 1.51. The van der Waals surface area contributed by atoms with E-state index in [-0.39, 0.29) is 30.4 Å². The normalized spacial score (nSPS) is 13.7. The average Bonchev–Trinajstić information content (AvgIpc) is 3.46. The number of amides is 1. The molecule has 2 aromatic carbocycles. The lowest BCUT2D eigenvalue weighted by atomic mass is 9.94. The molecular formula is C25H22F3NO2S.